The van der Waals surface area contributed by atoms with E-state index in [2.05, 4.69) is 16.4 Å². The topological polar surface area (TPSA) is 24.4 Å². The lowest BCUT2D eigenvalue weighted by molar-refractivity contribution is 0.441. The third-order valence-corrected chi connectivity index (χ3v) is 6.47. The van der Waals surface area contributed by atoms with Crippen LogP contribution in [0.5, 0.6) is 0 Å². The van der Waals surface area contributed by atoms with Gasteiger partial charge in [-0.15, -0.1) is 0 Å². The average Bonchev–Trinajstić information content (AvgIpc) is 2.64. The summed E-state index contributed by atoms with van der Waals surface area (Å²) >= 11 is 30.4. The van der Waals surface area contributed by atoms with E-state index in [1.54, 1.807) is 12.1 Å². The molecule has 1 saturated carbocycles. The van der Waals surface area contributed by atoms with Crippen molar-refractivity contribution in [2.75, 3.05) is 0 Å². The number of thiocarbonyl (C=S) groups is 1. The Morgan fingerprint density at radius 2 is 1.71 bits per heavy atom. The van der Waals surface area contributed by atoms with Gasteiger partial charge in [-0.1, -0.05) is 58.5 Å². The normalized spacial score (nSPS) is 23.2. The maximum Gasteiger partial charge on any atom is 0.193 e. The van der Waals surface area contributed by atoms with Gasteiger partial charge in [-0.3, -0.25) is 0 Å². The van der Waals surface area contributed by atoms with E-state index in [0.717, 1.165) is 41.7 Å². The van der Waals surface area contributed by atoms with Gasteiger partial charge in [0, 0.05) is 26.0 Å². The second-order valence-corrected chi connectivity index (χ2v) is 9.00. The Morgan fingerprint density at radius 3 is 2.43 bits per heavy atom. The third kappa shape index (κ3) is 4.10. The standard InChI is InChI=1S/C21H16Cl4N2S/c22-13-5-4-11(17(24)9-13)8-12-2-1-3-16-19(12)26-21(28)27-20(16)15-7-6-14(23)10-18(15)25/h4-10,16,20H,1-3H2,(H,27,28)/b12-8-. The van der Waals surface area contributed by atoms with Gasteiger partial charge in [0.25, 0.3) is 0 Å². The predicted molar refractivity (Wildman–Crippen MR) is 124 cm³/mol. The summed E-state index contributed by atoms with van der Waals surface area (Å²) in [4.78, 5) is 4.68. The molecule has 2 aromatic carbocycles. The molecule has 2 aromatic rings. The van der Waals surface area contributed by atoms with Crippen LogP contribution in [0.25, 0.3) is 6.08 Å². The molecule has 1 N–H and O–H groups in total. The minimum Gasteiger partial charge on any atom is -0.353 e. The zero-order chi connectivity index (χ0) is 19.8. The van der Waals surface area contributed by atoms with E-state index in [-0.39, 0.29) is 12.0 Å². The first-order chi connectivity index (χ1) is 13.4. The lowest BCUT2D eigenvalue weighted by Crippen LogP contribution is -2.43. The van der Waals surface area contributed by atoms with Crippen molar-refractivity contribution in [1.29, 1.82) is 0 Å². The molecule has 0 radical (unpaired) electrons. The summed E-state index contributed by atoms with van der Waals surface area (Å²) in [5.74, 6) is 0.177. The molecule has 0 spiro atoms. The number of benzene rings is 2. The summed E-state index contributed by atoms with van der Waals surface area (Å²) in [6.07, 6.45) is 5.08. The third-order valence-electron chi connectivity index (χ3n) is 5.13. The lowest BCUT2D eigenvalue weighted by atomic mass is 9.76. The molecule has 1 aliphatic carbocycles. The highest BCUT2D eigenvalue weighted by Crippen LogP contribution is 2.41. The molecule has 7 heteroatoms. The molecule has 0 amide bonds. The molecule has 144 valence electrons. The first kappa shape index (κ1) is 20.2. The minimum absolute atomic E-state index is 0.0332. The van der Waals surface area contributed by atoms with Crippen LogP contribution < -0.4 is 5.32 Å². The van der Waals surface area contributed by atoms with E-state index >= 15 is 0 Å². The Balaban J connectivity index is 1.74. The van der Waals surface area contributed by atoms with E-state index in [1.165, 1.54) is 0 Å². The van der Waals surface area contributed by atoms with Gasteiger partial charge in [-0.2, -0.15) is 0 Å². The fraction of sp³-hybridized carbons (Fsp3) is 0.238. The van der Waals surface area contributed by atoms with Crippen LogP contribution in [0.4, 0.5) is 0 Å². The minimum atomic E-state index is -0.0332. The maximum absolute atomic E-state index is 6.49. The number of fused-ring (bicyclic) bond motifs is 1. The van der Waals surface area contributed by atoms with Gasteiger partial charge < -0.3 is 5.32 Å². The largest absolute Gasteiger partial charge is 0.353 e. The molecule has 28 heavy (non-hydrogen) atoms. The van der Waals surface area contributed by atoms with Crippen molar-refractivity contribution < 1.29 is 0 Å². The number of rotatable bonds is 2. The summed E-state index contributed by atoms with van der Waals surface area (Å²) in [5.41, 5.74) is 4.07. The van der Waals surface area contributed by atoms with Crippen LogP contribution in [0, 0.1) is 5.92 Å². The molecule has 0 aromatic heterocycles. The molecule has 2 atom stereocenters. The summed E-state index contributed by atoms with van der Waals surface area (Å²) in [6.45, 7) is 0. The molecule has 1 heterocycles. The number of halogens is 4. The zero-order valence-electron chi connectivity index (χ0n) is 14.7. The van der Waals surface area contributed by atoms with Crippen molar-refractivity contribution in [1.82, 2.24) is 5.32 Å². The van der Waals surface area contributed by atoms with E-state index in [0.29, 0.717) is 25.2 Å². The zero-order valence-corrected chi connectivity index (χ0v) is 18.5. The first-order valence-corrected chi connectivity index (χ1v) is 10.8. The van der Waals surface area contributed by atoms with E-state index in [9.17, 15) is 0 Å². The van der Waals surface area contributed by atoms with E-state index in [1.807, 2.05) is 24.3 Å². The van der Waals surface area contributed by atoms with Crippen LogP contribution in [-0.2, 0) is 0 Å². The highest BCUT2D eigenvalue weighted by molar-refractivity contribution is 7.80. The quantitative estimate of drug-likeness (QED) is 0.459. The van der Waals surface area contributed by atoms with Crippen LogP contribution >= 0.6 is 58.6 Å². The molecular weight excluding hydrogens is 454 g/mol. The van der Waals surface area contributed by atoms with Gasteiger partial charge in [0.05, 0.1) is 11.8 Å². The van der Waals surface area contributed by atoms with Crippen molar-refractivity contribution in [3.05, 3.63) is 73.2 Å². The molecular formula is C21H16Cl4N2S. The average molecular weight is 470 g/mol. The van der Waals surface area contributed by atoms with Crippen molar-refractivity contribution >= 4 is 75.5 Å². The fourth-order valence-electron chi connectivity index (χ4n) is 3.87. The second-order valence-electron chi connectivity index (χ2n) is 6.92. The van der Waals surface area contributed by atoms with E-state index in [4.69, 9.17) is 58.6 Å². The van der Waals surface area contributed by atoms with Crippen LogP contribution in [0.15, 0.2) is 47.0 Å². The van der Waals surface area contributed by atoms with Gasteiger partial charge in [0.2, 0.25) is 0 Å². The number of nitrogens with one attached hydrogen (secondary N) is 1. The van der Waals surface area contributed by atoms with Gasteiger partial charge in [-0.05, 0) is 78.5 Å². The predicted octanol–water partition coefficient (Wildman–Crippen LogP) is 7.55. The summed E-state index contributed by atoms with van der Waals surface area (Å²) in [7, 11) is 0. The Bertz CT molecular complexity index is 1020. The first-order valence-electron chi connectivity index (χ1n) is 8.92. The van der Waals surface area contributed by atoms with Crippen LogP contribution in [0.3, 0.4) is 0 Å². The number of nitrogens with zero attached hydrogens (tertiary/aromatic N) is 1. The Kier molecular flexibility index (Phi) is 6.01. The highest BCUT2D eigenvalue weighted by atomic mass is 35.5. The van der Waals surface area contributed by atoms with Gasteiger partial charge in [-0.25, -0.2) is 4.99 Å². The van der Waals surface area contributed by atoms with E-state index < -0.39 is 0 Å². The molecule has 0 bridgehead atoms. The number of hydrogen-bond donors (Lipinski definition) is 1. The molecule has 1 fully saturated rings. The van der Waals surface area contributed by atoms with Crippen LogP contribution in [0.1, 0.15) is 36.4 Å². The van der Waals surface area contributed by atoms with Gasteiger partial charge >= 0.3 is 0 Å². The summed E-state index contributed by atoms with van der Waals surface area (Å²) < 4.78 is 0. The SMILES string of the molecule is S=C1N=C2/C(=C\c3ccc(Cl)cc3Cl)CCCC2C(c2ccc(Cl)cc2Cl)N1. The molecule has 1 aliphatic heterocycles. The molecule has 2 unspecified atom stereocenters. The van der Waals surface area contributed by atoms with Crippen molar-refractivity contribution in [2.24, 2.45) is 10.9 Å². The summed E-state index contributed by atoms with van der Waals surface area (Å²) in [5, 5.41) is 6.29. The monoisotopic (exact) mass is 468 g/mol. The van der Waals surface area contributed by atoms with Crippen LogP contribution in [-0.4, -0.2) is 10.8 Å². The number of aliphatic imine (C=N–C) groups is 1. The Hall–Kier alpha value is -1.10. The highest BCUT2D eigenvalue weighted by Gasteiger charge is 2.36. The number of allylic oxidation sites excluding steroid dienone is 1. The molecule has 2 nitrogen and oxygen atoms in total. The van der Waals surface area contributed by atoms with Gasteiger partial charge in [0.15, 0.2) is 5.11 Å². The van der Waals surface area contributed by atoms with Crippen LogP contribution in [0.2, 0.25) is 20.1 Å². The van der Waals surface area contributed by atoms with Crippen molar-refractivity contribution in [2.45, 2.75) is 25.3 Å². The number of hydrogen-bond acceptors (Lipinski definition) is 1. The Morgan fingerprint density at radius 1 is 1.00 bits per heavy atom. The Labute approximate surface area is 189 Å². The van der Waals surface area contributed by atoms with Crippen molar-refractivity contribution in [3.63, 3.8) is 0 Å². The maximum atomic E-state index is 6.49. The fourth-order valence-corrected chi connectivity index (χ4v) is 5.08. The summed E-state index contributed by atoms with van der Waals surface area (Å²) in [6, 6.07) is 11.1. The molecule has 4 rings (SSSR count). The molecule has 2 aliphatic rings. The lowest BCUT2D eigenvalue weighted by Gasteiger charge is -2.38. The smallest absolute Gasteiger partial charge is 0.193 e. The van der Waals surface area contributed by atoms with Crippen molar-refractivity contribution in [3.8, 4) is 0 Å². The van der Waals surface area contributed by atoms with Gasteiger partial charge in [0.1, 0.15) is 0 Å². The second kappa shape index (κ2) is 8.33. The molecule has 0 saturated heterocycles.